The van der Waals surface area contributed by atoms with Crippen LogP contribution in [0, 0.1) is 5.92 Å². The SMILES string of the molecule is COc1ccc(CCOCCC(=O)N(CCNCCc2ccc(O)c3c2OCC(=O)N3)C(C)C(C)C)cc1C1(c2ccccc2)CCN(C)CC1. The molecular weight excluding hydrogens is 644 g/mol. The van der Waals surface area contributed by atoms with E-state index in [1.165, 1.54) is 16.7 Å². The predicted molar refractivity (Wildman–Crippen MR) is 201 cm³/mol. The third kappa shape index (κ3) is 9.41. The Labute approximate surface area is 303 Å². The number of carbonyl (C=O) groups excluding carboxylic acids is 2. The van der Waals surface area contributed by atoms with Crippen molar-refractivity contribution in [2.45, 2.75) is 64.3 Å². The Kier molecular flexibility index (Phi) is 13.4. The van der Waals surface area contributed by atoms with Gasteiger partial charge in [0.1, 0.15) is 17.2 Å². The Bertz CT molecular complexity index is 1610. The highest BCUT2D eigenvalue weighted by atomic mass is 16.5. The van der Waals surface area contributed by atoms with Gasteiger partial charge in [-0.2, -0.15) is 0 Å². The van der Waals surface area contributed by atoms with Crippen molar-refractivity contribution >= 4 is 17.5 Å². The van der Waals surface area contributed by atoms with Crippen LogP contribution in [0.1, 0.15) is 62.3 Å². The summed E-state index contributed by atoms with van der Waals surface area (Å²) < 4.78 is 17.6. The highest BCUT2D eigenvalue weighted by Crippen LogP contribution is 2.45. The first kappa shape index (κ1) is 38.1. The van der Waals surface area contributed by atoms with E-state index in [1.807, 2.05) is 11.0 Å². The number of aromatic hydroxyl groups is 1. The van der Waals surface area contributed by atoms with Crippen LogP contribution < -0.4 is 20.1 Å². The van der Waals surface area contributed by atoms with Crippen molar-refractivity contribution in [1.82, 2.24) is 15.1 Å². The molecule has 10 heteroatoms. The number of methoxy groups -OCH3 is 1. The van der Waals surface area contributed by atoms with E-state index in [0.29, 0.717) is 63.0 Å². The summed E-state index contributed by atoms with van der Waals surface area (Å²) in [5.74, 6) is 1.56. The number of anilines is 1. The number of likely N-dealkylation sites (tertiary alicyclic amines) is 1. The smallest absolute Gasteiger partial charge is 0.262 e. The Morgan fingerprint density at radius 3 is 2.53 bits per heavy atom. The van der Waals surface area contributed by atoms with E-state index < -0.39 is 0 Å². The van der Waals surface area contributed by atoms with E-state index in [0.717, 1.165) is 43.7 Å². The van der Waals surface area contributed by atoms with Crippen LogP contribution in [0.4, 0.5) is 5.69 Å². The monoisotopic (exact) mass is 700 g/mol. The van der Waals surface area contributed by atoms with Gasteiger partial charge in [0.05, 0.1) is 26.7 Å². The Morgan fingerprint density at radius 2 is 1.80 bits per heavy atom. The van der Waals surface area contributed by atoms with Crippen LogP contribution in [0.3, 0.4) is 0 Å². The number of nitrogens with zero attached hydrogens (tertiary/aromatic N) is 2. The maximum atomic E-state index is 13.4. The predicted octanol–water partition coefficient (Wildman–Crippen LogP) is 5.40. The summed E-state index contributed by atoms with van der Waals surface area (Å²) in [6, 6.07) is 20.9. The zero-order valence-electron chi connectivity index (χ0n) is 31.0. The summed E-state index contributed by atoms with van der Waals surface area (Å²) in [7, 11) is 3.95. The normalized spacial score (nSPS) is 16.2. The maximum Gasteiger partial charge on any atom is 0.262 e. The van der Waals surface area contributed by atoms with Gasteiger partial charge in [0.2, 0.25) is 5.91 Å². The number of amides is 2. The van der Waals surface area contributed by atoms with E-state index in [9.17, 15) is 14.7 Å². The molecule has 3 aromatic rings. The first-order valence-electron chi connectivity index (χ1n) is 18.4. The summed E-state index contributed by atoms with van der Waals surface area (Å²) in [4.78, 5) is 29.5. The summed E-state index contributed by atoms with van der Waals surface area (Å²) >= 11 is 0. The van der Waals surface area contributed by atoms with Gasteiger partial charge in [0.15, 0.2) is 12.4 Å². The minimum atomic E-state index is -0.284. The van der Waals surface area contributed by atoms with Gasteiger partial charge in [-0.3, -0.25) is 9.59 Å². The van der Waals surface area contributed by atoms with Crippen molar-refractivity contribution < 1.29 is 28.9 Å². The van der Waals surface area contributed by atoms with Crippen molar-refractivity contribution in [2.24, 2.45) is 5.92 Å². The summed E-state index contributed by atoms with van der Waals surface area (Å²) in [5.41, 5.74) is 4.91. The molecule has 0 saturated carbocycles. The molecule has 0 bridgehead atoms. The van der Waals surface area contributed by atoms with Crippen LogP contribution in [0.25, 0.3) is 0 Å². The lowest BCUT2D eigenvalue weighted by atomic mass is 9.67. The van der Waals surface area contributed by atoms with Crippen molar-refractivity contribution in [3.63, 3.8) is 0 Å². The lowest BCUT2D eigenvalue weighted by Crippen LogP contribution is -2.45. The van der Waals surface area contributed by atoms with Gasteiger partial charge in [0, 0.05) is 30.1 Å². The fourth-order valence-corrected chi connectivity index (χ4v) is 7.22. The number of hydrogen-bond acceptors (Lipinski definition) is 8. The number of hydrogen-bond donors (Lipinski definition) is 3. The largest absolute Gasteiger partial charge is 0.506 e. The van der Waals surface area contributed by atoms with Crippen molar-refractivity contribution in [3.8, 4) is 17.2 Å². The quantitative estimate of drug-likeness (QED) is 0.127. The third-order valence-electron chi connectivity index (χ3n) is 10.6. The number of nitrogens with one attached hydrogen (secondary N) is 2. The molecule has 2 aliphatic rings. The van der Waals surface area contributed by atoms with Crippen LogP contribution in [-0.2, 0) is 32.6 Å². The van der Waals surface area contributed by atoms with Crippen LogP contribution >= 0.6 is 0 Å². The van der Waals surface area contributed by atoms with Gasteiger partial charge < -0.3 is 39.8 Å². The maximum absolute atomic E-state index is 13.4. The number of fused-ring (bicyclic) bond motifs is 1. The molecule has 1 saturated heterocycles. The fourth-order valence-electron chi connectivity index (χ4n) is 7.22. The molecule has 1 unspecified atom stereocenters. The molecule has 2 heterocycles. The number of benzene rings is 3. The topological polar surface area (TPSA) is 113 Å². The second-order valence-electron chi connectivity index (χ2n) is 14.3. The van der Waals surface area contributed by atoms with Crippen molar-refractivity contribution in [1.29, 1.82) is 0 Å². The van der Waals surface area contributed by atoms with Gasteiger partial charge in [-0.1, -0.05) is 62.4 Å². The molecule has 51 heavy (non-hydrogen) atoms. The summed E-state index contributed by atoms with van der Waals surface area (Å²) in [5, 5.41) is 16.3. The number of ether oxygens (including phenoxy) is 3. The second kappa shape index (κ2) is 17.9. The molecule has 3 aromatic carbocycles. The molecule has 10 nitrogen and oxygen atoms in total. The number of phenols is 1. The van der Waals surface area contributed by atoms with E-state index in [4.69, 9.17) is 14.2 Å². The summed E-state index contributed by atoms with van der Waals surface area (Å²) in [6.07, 6.45) is 3.80. The van der Waals surface area contributed by atoms with Gasteiger partial charge in [-0.05, 0) is 94.0 Å². The van der Waals surface area contributed by atoms with Crippen molar-refractivity contribution in [2.75, 3.05) is 72.0 Å². The summed E-state index contributed by atoms with van der Waals surface area (Å²) in [6.45, 7) is 11.2. The molecular formula is C41H56N4O6. The van der Waals surface area contributed by atoms with Crippen LogP contribution in [0.15, 0.2) is 60.7 Å². The molecule has 276 valence electrons. The van der Waals surface area contributed by atoms with Gasteiger partial charge in [0.25, 0.3) is 5.91 Å². The Balaban J connectivity index is 1.11. The lowest BCUT2D eigenvalue weighted by Gasteiger charge is -2.42. The number of piperidine rings is 1. The minimum absolute atomic E-state index is 0.00907. The lowest BCUT2D eigenvalue weighted by molar-refractivity contribution is -0.135. The zero-order valence-corrected chi connectivity index (χ0v) is 31.0. The second-order valence-corrected chi connectivity index (χ2v) is 14.3. The average Bonchev–Trinajstić information content (AvgIpc) is 3.14. The van der Waals surface area contributed by atoms with Gasteiger partial charge in [-0.15, -0.1) is 0 Å². The number of carbonyl (C=O) groups is 2. The average molecular weight is 701 g/mol. The highest BCUT2D eigenvalue weighted by molar-refractivity contribution is 5.97. The molecule has 5 rings (SSSR count). The molecule has 1 atom stereocenters. The van der Waals surface area contributed by atoms with Crippen LogP contribution in [0.5, 0.6) is 17.2 Å². The molecule has 2 aliphatic heterocycles. The molecule has 1 fully saturated rings. The van der Waals surface area contributed by atoms with E-state index in [-0.39, 0.29) is 35.6 Å². The minimum Gasteiger partial charge on any atom is -0.506 e. The van der Waals surface area contributed by atoms with Crippen molar-refractivity contribution in [3.05, 3.63) is 82.9 Å². The van der Waals surface area contributed by atoms with E-state index >= 15 is 0 Å². The molecule has 2 amide bonds. The molecule has 0 aliphatic carbocycles. The molecule has 3 N–H and O–H groups in total. The fraction of sp³-hybridized carbons (Fsp3) is 0.512. The standard InChI is InChI=1S/C41H56N4O6/c1-29(2)30(3)45(24-21-42-20-15-32-12-13-35(46)39-40(32)51-28-37(47)43-39)38(48)17-26-50-25-16-31-11-14-36(49-5)34(27-31)41(18-22-44(4)23-19-41)33-9-7-6-8-10-33/h6-14,27,29-30,42,46H,15-26,28H2,1-5H3,(H,43,47). The zero-order chi connectivity index (χ0) is 36.4. The molecule has 0 aromatic heterocycles. The van der Waals surface area contributed by atoms with E-state index in [2.05, 4.69) is 91.9 Å². The Hall–Kier alpha value is -4.12. The molecule has 0 spiro atoms. The van der Waals surface area contributed by atoms with Gasteiger partial charge >= 0.3 is 0 Å². The van der Waals surface area contributed by atoms with Crippen LogP contribution in [0.2, 0.25) is 0 Å². The number of phenolic OH excluding ortho intramolecular Hbond substituents is 1. The molecule has 0 radical (unpaired) electrons. The Morgan fingerprint density at radius 1 is 1.04 bits per heavy atom. The number of rotatable bonds is 17. The first-order chi connectivity index (χ1) is 24.6. The first-order valence-corrected chi connectivity index (χ1v) is 18.4. The van der Waals surface area contributed by atoms with E-state index in [1.54, 1.807) is 13.2 Å². The van der Waals surface area contributed by atoms with Crippen LogP contribution in [-0.4, -0.2) is 99.5 Å². The van der Waals surface area contributed by atoms with Gasteiger partial charge in [-0.25, -0.2) is 0 Å². The third-order valence-corrected chi connectivity index (χ3v) is 10.6. The highest BCUT2D eigenvalue weighted by Gasteiger charge is 2.39.